The summed E-state index contributed by atoms with van der Waals surface area (Å²) in [5.74, 6) is 0. The van der Waals surface area contributed by atoms with Crippen molar-refractivity contribution >= 4 is 5.69 Å². The van der Waals surface area contributed by atoms with Crippen molar-refractivity contribution in [3.63, 3.8) is 0 Å². The Morgan fingerprint density at radius 2 is 2.20 bits per heavy atom. The average Bonchev–Trinajstić information content (AvgIpc) is 2.67. The third kappa shape index (κ3) is 3.31. The Balaban J connectivity index is 1.94. The van der Waals surface area contributed by atoms with Crippen LogP contribution in [-0.4, -0.2) is 58.2 Å². The molecule has 1 fully saturated rings. The summed E-state index contributed by atoms with van der Waals surface area (Å²) in [4.78, 5) is 2.31. The molecule has 2 unspecified atom stereocenters. The molecule has 1 aliphatic heterocycles. The van der Waals surface area contributed by atoms with Crippen molar-refractivity contribution in [2.75, 3.05) is 32.0 Å². The molecule has 3 N–H and O–H groups in total. The van der Waals surface area contributed by atoms with Crippen molar-refractivity contribution in [2.45, 2.75) is 45.9 Å². The topological polar surface area (TPSA) is 76.5 Å². The maximum atomic E-state index is 10.3. The lowest BCUT2D eigenvalue weighted by Gasteiger charge is -2.36. The number of aliphatic hydroxyl groups is 1. The van der Waals surface area contributed by atoms with Crippen LogP contribution in [0, 0.1) is 13.8 Å². The van der Waals surface area contributed by atoms with E-state index in [9.17, 15) is 5.11 Å². The Morgan fingerprint density at radius 3 is 2.80 bits per heavy atom. The lowest BCUT2D eigenvalue weighted by Crippen LogP contribution is -2.48. The Morgan fingerprint density at radius 1 is 1.45 bits per heavy atom. The van der Waals surface area contributed by atoms with Gasteiger partial charge >= 0.3 is 0 Å². The van der Waals surface area contributed by atoms with Gasteiger partial charge < -0.3 is 15.6 Å². The molecule has 0 radical (unpaired) electrons. The highest BCUT2D eigenvalue weighted by Crippen LogP contribution is 2.16. The van der Waals surface area contributed by atoms with E-state index in [1.165, 1.54) is 0 Å². The second-order valence-electron chi connectivity index (χ2n) is 5.55. The number of nitrogens with zero attached hydrogens (tertiary/aromatic N) is 3. The predicted octanol–water partition coefficient (Wildman–Crippen LogP) is 0.554. The van der Waals surface area contributed by atoms with E-state index in [0.29, 0.717) is 19.1 Å². The van der Waals surface area contributed by atoms with Crippen LogP contribution in [0.1, 0.15) is 24.7 Å². The Bertz CT molecular complexity index is 447. The van der Waals surface area contributed by atoms with Crippen LogP contribution in [0.5, 0.6) is 0 Å². The molecule has 2 heterocycles. The predicted molar refractivity (Wildman–Crippen MR) is 78.6 cm³/mol. The van der Waals surface area contributed by atoms with Crippen molar-refractivity contribution in [1.29, 1.82) is 0 Å². The van der Waals surface area contributed by atoms with Gasteiger partial charge in [-0.15, -0.1) is 0 Å². The fraction of sp³-hybridized carbons (Fsp3) is 0.786. The summed E-state index contributed by atoms with van der Waals surface area (Å²) in [6, 6.07) is 0.406. The van der Waals surface area contributed by atoms with Crippen LogP contribution in [0.25, 0.3) is 0 Å². The maximum Gasteiger partial charge on any atom is 0.0862 e. The van der Waals surface area contributed by atoms with Gasteiger partial charge in [-0.3, -0.25) is 9.58 Å². The van der Waals surface area contributed by atoms with E-state index in [4.69, 9.17) is 10.5 Å². The molecule has 1 aromatic rings. The molecular weight excluding hydrogens is 256 g/mol. The lowest BCUT2D eigenvalue weighted by molar-refractivity contribution is -0.0299. The number of ether oxygens (including phenoxy) is 1. The number of aliphatic hydroxyl groups excluding tert-OH is 1. The number of β-amino-alcohol motifs (C(OH)–C–C–N with tert-alkyl or cyclic N) is 1. The van der Waals surface area contributed by atoms with Crippen molar-refractivity contribution in [3.8, 4) is 0 Å². The summed E-state index contributed by atoms with van der Waals surface area (Å²) in [7, 11) is 0. The molecule has 6 heteroatoms. The molecule has 2 rings (SSSR count). The van der Waals surface area contributed by atoms with Crippen LogP contribution in [0.3, 0.4) is 0 Å². The number of morpholine rings is 1. The maximum absolute atomic E-state index is 10.3. The number of hydrogen-bond acceptors (Lipinski definition) is 5. The van der Waals surface area contributed by atoms with Gasteiger partial charge in [-0.05, 0) is 20.3 Å². The van der Waals surface area contributed by atoms with Gasteiger partial charge in [0.25, 0.3) is 0 Å². The molecule has 0 saturated carbocycles. The molecule has 114 valence electrons. The van der Waals surface area contributed by atoms with Crippen LogP contribution >= 0.6 is 0 Å². The third-order valence-electron chi connectivity index (χ3n) is 4.09. The van der Waals surface area contributed by atoms with Gasteiger partial charge in [0.2, 0.25) is 0 Å². The number of aromatic nitrogens is 2. The van der Waals surface area contributed by atoms with Gasteiger partial charge in [-0.1, -0.05) is 6.92 Å². The quantitative estimate of drug-likeness (QED) is 0.825. The third-order valence-corrected chi connectivity index (χ3v) is 4.09. The highest BCUT2D eigenvalue weighted by Gasteiger charge is 2.24. The van der Waals surface area contributed by atoms with Gasteiger partial charge in [-0.25, -0.2) is 0 Å². The van der Waals surface area contributed by atoms with E-state index < -0.39 is 6.10 Å². The number of nitrogens with two attached hydrogens (primary N) is 1. The number of nitrogen functional groups attached to an aromatic ring is 1. The molecule has 2 atom stereocenters. The monoisotopic (exact) mass is 282 g/mol. The van der Waals surface area contributed by atoms with Crippen LogP contribution < -0.4 is 5.73 Å². The molecule has 1 aliphatic rings. The minimum absolute atomic E-state index is 0.406. The fourth-order valence-corrected chi connectivity index (χ4v) is 2.72. The largest absolute Gasteiger partial charge is 0.396 e. The summed E-state index contributed by atoms with van der Waals surface area (Å²) in [5.41, 5.74) is 8.38. The van der Waals surface area contributed by atoms with Crippen molar-refractivity contribution in [1.82, 2.24) is 14.7 Å². The van der Waals surface area contributed by atoms with E-state index in [1.54, 1.807) is 4.68 Å². The first-order valence-corrected chi connectivity index (χ1v) is 7.32. The second kappa shape index (κ2) is 6.56. The molecule has 20 heavy (non-hydrogen) atoms. The number of rotatable bonds is 5. The zero-order valence-electron chi connectivity index (χ0n) is 12.7. The first-order valence-electron chi connectivity index (χ1n) is 7.32. The molecule has 1 saturated heterocycles. The molecule has 6 nitrogen and oxygen atoms in total. The summed E-state index contributed by atoms with van der Waals surface area (Å²) < 4.78 is 7.29. The minimum Gasteiger partial charge on any atom is -0.396 e. The lowest BCUT2D eigenvalue weighted by atomic mass is 10.1. The van der Waals surface area contributed by atoms with Gasteiger partial charge in [0, 0.05) is 19.1 Å². The van der Waals surface area contributed by atoms with Crippen molar-refractivity contribution < 1.29 is 9.84 Å². The highest BCUT2D eigenvalue weighted by atomic mass is 16.5. The average molecular weight is 282 g/mol. The van der Waals surface area contributed by atoms with E-state index in [2.05, 4.69) is 16.9 Å². The summed E-state index contributed by atoms with van der Waals surface area (Å²) in [6.45, 7) is 9.51. The molecule has 0 aromatic carbocycles. The molecule has 0 amide bonds. The second-order valence-corrected chi connectivity index (χ2v) is 5.55. The SMILES string of the molecule is CCC1COCCN1CC(O)Cn1nc(C)c(N)c1C. The van der Waals surface area contributed by atoms with E-state index in [1.807, 2.05) is 13.8 Å². The normalized spacial score (nSPS) is 22.1. The van der Waals surface area contributed by atoms with E-state index in [0.717, 1.165) is 43.3 Å². The standard InChI is InChI=1S/C14H26N4O2/c1-4-12-9-20-6-5-17(12)7-13(19)8-18-11(3)14(15)10(2)16-18/h12-13,19H,4-9,15H2,1-3H3. The van der Waals surface area contributed by atoms with Gasteiger partial charge in [0.05, 0.1) is 42.9 Å². The van der Waals surface area contributed by atoms with Crippen molar-refractivity contribution in [3.05, 3.63) is 11.4 Å². The first kappa shape index (κ1) is 15.3. The molecule has 0 bridgehead atoms. The smallest absolute Gasteiger partial charge is 0.0862 e. The first-order chi connectivity index (χ1) is 9.52. The van der Waals surface area contributed by atoms with Gasteiger partial charge in [0.1, 0.15) is 0 Å². The van der Waals surface area contributed by atoms with Crippen LogP contribution in [-0.2, 0) is 11.3 Å². The summed E-state index contributed by atoms with van der Waals surface area (Å²) >= 11 is 0. The van der Waals surface area contributed by atoms with Gasteiger partial charge in [-0.2, -0.15) is 5.10 Å². The number of aryl methyl sites for hydroxylation is 1. The Labute approximate surface area is 120 Å². The fourth-order valence-electron chi connectivity index (χ4n) is 2.72. The summed E-state index contributed by atoms with van der Waals surface area (Å²) in [5, 5.41) is 14.7. The van der Waals surface area contributed by atoms with Crippen LogP contribution in [0.2, 0.25) is 0 Å². The molecular formula is C14H26N4O2. The zero-order chi connectivity index (χ0) is 14.7. The molecule has 1 aromatic heterocycles. The van der Waals surface area contributed by atoms with Crippen molar-refractivity contribution in [2.24, 2.45) is 0 Å². The van der Waals surface area contributed by atoms with E-state index in [-0.39, 0.29) is 0 Å². The number of hydrogen-bond donors (Lipinski definition) is 2. The van der Waals surface area contributed by atoms with Crippen LogP contribution in [0.15, 0.2) is 0 Å². The zero-order valence-corrected chi connectivity index (χ0v) is 12.7. The summed E-state index contributed by atoms with van der Waals surface area (Å²) in [6.07, 6.45) is 0.596. The van der Waals surface area contributed by atoms with Gasteiger partial charge in [0.15, 0.2) is 0 Å². The highest BCUT2D eigenvalue weighted by molar-refractivity contribution is 5.46. The number of anilines is 1. The Kier molecular flexibility index (Phi) is 5.01. The molecule has 0 aliphatic carbocycles. The minimum atomic E-state index is -0.445. The van der Waals surface area contributed by atoms with Crippen LogP contribution in [0.4, 0.5) is 5.69 Å². The molecule has 0 spiro atoms. The Hall–Kier alpha value is -1.11. The van der Waals surface area contributed by atoms with E-state index >= 15 is 0 Å².